The first-order valence-electron chi connectivity index (χ1n) is 7.32. The van der Waals surface area contributed by atoms with Gasteiger partial charge in [-0.1, -0.05) is 12.1 Å². The molecule has 0 atom stereocenters. The summed E-state index contributed by atoms with van der Waals surface area (Å²) in [7, 11) is 1.53. The van der Waals surface area contributed by atoms with Gasteiger partial charge in [-0.2, -0.15) is 5.10 Å². The molecule has 0 saturated heterocycles. The number of rotatable bonds is 7. The second-order valence-electron chi connectivity index (χ2n) is 4.84. The second-order valence-corrected chi connectivity index (χ2v) is 4.84. The van der Waals surface area contributed by atoms with E-state index < -0.39 is 6.03 Å². The largest absolute Gasteiger partial charge is 0.495 e. The number of hydrazone groups is 1. The van der Waals surface area contributed by atoms with E-state index in [4.69, 9.17) is 15.2 Å². The third-order valence-electron chi connectivity index (χ3n) is 3.02. The number of hydrogen-bond acceptors (Lipinski definition) is 5. The van der Waals surface area contributed by atoms with Crippen molar-refractivity contribution in [1.29, 1.82) is 0 Å². The molecule has 0 spiro atoms. The highest BCUT2D eigenvalue weighted by molar-refractivity contribution is 5.93. The fraction of sp³-hybridized carbons (Fsp3) is 0.118. The maximum atomic E-state index is 12.0. The number of ether oxygens (including phenoxy) is 2. The van der Waals surface area contributed by atoms with Gasteiger partial charge in [-0.05, 0) is 42.0 Å². The van der Waals surface area contributed by atoms with Crippen molar-refractivity contribution in [2.24, 2.45) is 10.8 Å². The molecule has 2 rings (SSSR count). The minimum absolute atomic E-state index is 0.144. The Morgan fingerprint density at radius 1 is 1.16 bits per heavy atom. The van der Waals surface area contributed by atoms with Gasteiger partial charge in [0.15, 0.2) is 6.61 Å². The van der Waals surface area contributed by atoms with E-state index in [1.807, 2.05) is 6.07 Å². The number of urea groups is 1. The quantitative estimate of drug-likeness (QED) is 0.525. The zero-order valence-electron chi connectivity index (χ0n) is 13.6. The second kappa shape index (κ2) is 8.92. The average Bonchev–Trinajstić information content (AvgIpc) is 2.61. The van der Waals surface area contributed by atoms with E-state index in [9.17, 15) is 9.59 Å². The number of anilines is 1. The number of amides is 3. The van der Waals surface area contributed by atoms with Gasteiger partial charge in [0.1, 0.15) is 11.5 Å². The number of para-hydroxylation sites is 2. The van der Waals surface area contributed by atoms with E-state index in [0.717, 1.165) is 5.56 Å². The number of nitrogens with one attached hydrogen (secondary N) is 2. The monoisotopic (exact) mass is 342 g/mol. The topological polar surface area (TPSA) is 115 Å². The molecule has 0 aliphatic rings. The van der Waals surface area contributed by atoms with Crippen molar-refractivity contribution < 1.29 is 19.1 Å². The molecular weight excluding hydrogens is 324 g/mol. The summed E-state index contributed by atoms with van der Waals surface area (Å²) in [6, 6.07) is 13.2. The van der Waals surface area contributed by atoms with Gasteiger partial charge in [0, 0.05) is 0 Å². The van der Waals surface area contributed by atoms with Gasteiger partial charge in [0.05, 0.1) is 19.0 Å². The number of primary amides is 1. The van der Waals surface area contributed by atoms with Crippen molar-refractivity contribution in [1.82, 2.24) is 5.43 Å². The number of methoxy groups -OCH3 is 1. The van der Waals surface area contributed by atoms with E-state index in [-0.39, 0.29) is 12.5 Å². The molecule has 3 amide bonds. The summed E-state index contributed by atoms with van der Waals surface area (Å²) in [4.78, 5) is 22.5. The normalized spacial score (nSPS) is 10.3. The Kier molecular flexibility index (Phi) is 6.35. The van der Waals surface area contributed by atoms with Crippen LogP contribution >= 0.6 is 0 Å². The first-order chi connectivity index (χ1) is 12.1. The maximum Gasteiger partial charge on any atom is 0.332 e. The lowest BCUT2D eigenvalue weighted by atomic mass is 10.2. The molecule has 0 bridgehead atoms. The van der Waals surface area contributed by atoms with Crippen LogP contribution in [0.2, 0.25) is 0 Å². The maximum absolute atomic E-state index is 12.0. The average molecular weight is 342 g/mol. The molecule has 0 unspecified atom stereocenters. The minimum Gasteiger partial charge on any atom is -0.495 e. The predicted octanol–water partition coefficient (Wildman–Crippen LogP) is 1.71. The van der Waals surface area contributed by atoms with Crippen LogP contribution in [-0.2, 0) is 4.79 Å². The standard InChI is InChI=1S/C17H18N4O4/c1-24-15-5-3-2-4-14(15)20-16(22)11-25-13-8-6-12(7-9-13)10-19-21-17(18)23/h2-10H,11H2,1H3,(H,20,22)(H3,18,21,23)/b19-10-. The Morgan fingerprint density at radius 3 is 2.56 bits per heavy atom. The molecule has 0 fully saturated rings. The molecule has 25 heavy (non-hydrogen) atoms. The summed E-state index contributed by atoms with van der Waals surface area (Å²) in [5.41, 5.74) is 8.30. The lowest BCUT2D eigenvalue weighted by Gasteiger charge is -2.10. The number of nitrogens with two attached hydrogens (primary N) is 1. The highest BCUT2D eigenvalue weighted by atomic mass is 16.5. The highest BCUT2D eigenvalue weighted by Gasteiger charge is 2.07. The first-order valence-corrected chi connectivity index (χ1v) is 7.32. The smallest absolute Gasteiger partial charge is 0.332 e. The molecule has 0 radical (unpaired) electrons. The lowest BCUT2D eigenvalue weighted by Crippen LogP contribution is -2.24. The van der Waals surface area contributed by atoms with Crippen molar-refractivity contribution in [3.05, 3.63) is 54.1 Å². The van der Waals surface area contributed by atoms with Crippen LogP contribution in [0.1, 0.15) is 5.56 Å². The first kappa shape index (κ1) is 17.8. The highest BCUT2D eigenvalue weighted by Crippen LogP contribution is 2.22. The van der Waals surface area contributed by atoms with E-state index in [2.05, 4.69) is 15.8 Å². The SMILES string of the molecule is COc1ccccc1NC(=O)COc1ccc(/C=N\NC(N)=O)cc1. The molecule has 0 saturated carbocycles. The van der Waals surface area contributed by atoms with Gasteiger partial charge in [0.25, 0.3) is 5.91 Å². The van der Waals surface area contributed by atoms with Crippen LogP contribution in [0, 0.1) is 0 Å². The number of hydrogen-bond donors (Lipinski definition) is 3. The lowest BCUT2D eigenvalue weighted by molar-refractivity contribution is -0.118. The minimum atomic E-state index is -0.739. The van der Waals surface area contributed by atoms with Crippen LogP contribution in [0.4, 0.5) is 10.5 Å². The summed E-state index contributed by atoms with van der Waals surface area (Å²) < 4.78 is 10.6. The van der Waals surface area contributed by atoms with Gasteiger partial charge >= 0.3 is 6.03 Å². The molecular formula is C17H18N4O4. The molecule has 8 heteroatoms. The zero-order chi connectivity index (χ0) is 18.1. The van der Waals surface area contributed by atoms with Crippen molar-refractivity contribution in [3.8, 4) is 11.5 Å². The molecule has 2 aromatic rings. The summed E-state index contributed by atoms with van der Waals surface area (Å²) >= 11 is 0. The third-order valence-corrected chi connectivity index (χ3v) is 3.02. The van der Waals surface area contributed by atoms with E-state index in [1.54, 1.807) is 42.5 Å². The third kappa shape index (κ3) is 5.87. The summed E-state index contributed by atoms with van der Waals surface area (Å²) in [5, 5.41) is 6.36. The summed E-state index contributed by atoms with van der Waals surface area (Å²) in [6.07, 6.45) is 1.43. The Balaban J connectivity index is 1.85. The number of nitrogens with zero attached hydrogens (tertiary/aromatic N) is 1. The Bertz CT molecular complexity index is 759. The Morgan fingerprint density at radius 2 is 1.88 bits per heavy atom. The predicted molar refractivity (Wildman–Crippen MR) is 93.9 cm³/mol. The number of carbonyl (C=O) groups is 2. The van der Waals surface area contributed by atoms with Crippen LogP contribution in [0.3, 0.4) is 0 Å². The van der Waals surface area contributed by atoms with Crippen LogP contribution in [0.15, 0.2) is 53.6 Å². The van der Waals surface area contributed by atoms with Gasteiger partial charge < -0.3 is 20.5 Å². The number of benzene rings is 2. The zero-order valence-corrected chi connectivity index (χ0v) is 13.6. The number of carbonyl (C=O) groups excluding carboxylic acids is 2. The molecule has 4 N–H and O–H groups in total. The van der Waals surface area contributed by atoms with Crippen molar-refractivity contribution in [2.45, 2.75) is 0 Å². The van der Waals surface area contributed by atoms with E-state index >= 15 is 0 Å². The van der Waals surface area contributed by atoms with Crippen LogP contribution in [-0.4, -0.2) is 31.9 Å². The van der Waals surface area contributed by atoms with E-state index in [1.165, 1.54) is 13.3 Å². The molecule has 130 valence electrons. The Labute approximate surface area is 144 Å². The van der Waals surface area contributed by atoms with Gasteiger partial charge in [-0.25, -0.2) is 10.2 Å². The fourth-order valence-electron chi connectivity index (χ4n) is 1.90. The van der Waals surface area contributed by atoms with Crippen LogP contribution < -0.4 is 25.9 Å². The van der Waals surface area contributed by atoms with Gasteiger partial charge in [-0.15, -0.1) is 0 Å². The molecule has 0 heterocycles. The van der Waals surface area contributed by atoms with Gasteiger partial charge in [0.2, 0.25) is 0 Å². The van der Waals surface area contributed by atoms with Crippen molar-refractivity contribution >= 4 is 23.8 Å². The summed E-state index contributed by atoms with van der Waals surface area (Å²) in [5.74, 6) is 0.792. The summed E-state index contributed by atoms with van der Waals surface area (Å²) in [6.45, 7) is -0.144. The molecule has 0 aromatic heterocycles. The molecule has 2 aromatic carbocycles. The Hall–Kier alpha value is -3.55. The molecule has 0 aliphatic carbocycles. The molecule has 8 nitrogen and oxygen atoms in total. The fourth-order valence-corrected chi connectivity index (χ4v) is 1.90. The van der Waals surface area contributed by atoms with Crippen molar-refractivity contribution in [3.63, 3.8) is 0 Å². The van der Waals surface area contributed by atoms with Gasteiger partial charge in [-0.3, -0.25) is 4.79 Å². The molecule has 0 aliphatic heterocycles. The van der Waals surface area contributed by atoms with Crippen LogP contribution in [0.25, 0.3) is 0 Å². The van der Waals surface area contributed by atoms with Crippen molar-refractivity contribution in [2.75, 3.05) is 19.0 Å². The van der Waals surface area contributed by atoms with Crippen LogP contribution in [0.5, 0.6) is 11.5 Å². The van der Waals surface area contributed by atoms with E-state index in [0.29, 0.717) is 17.2 Å².